The minimum Gasteiger partial charge on any atom is -0.312 e. The second-order valence-electron chi connectivity index (χ2n) is 5.49. The highest BCUT2D eigenvalue weighted by Gasteiger charge is 2.34. The van der Waals surface area contributed by atoms with E-state index in [0.29, 0.717) is 4.75 Å². The summed E-state index contributed by atoms with van der Waals surface area (Å²) in [6, 6.07) is 0.814. The van der Waals surface area contributed by atoms with Crippen LogP contribution in [-0.4, -0.2) is 23.6 Å². The van der Waals surface area contributed by atoms with Gasteiger partial charge in [0, 0.05) is 17.3 Å². The van der Waals surface area contributed by atoms with Crippen molar-refractivity contribution in [1.82, 2.24) is 5.32 Å². The molecule has 2 unspecified atom stereocenters. The van der Waals surface area contributed by atoms with Crippen LogP contribution in [0.25, 0.3) is 0 Å². The van der Waals surface area contributed by atoms with Crippen molar-refractivity contribution >= 4 is 11.8 Å². The van der Waals surface area contributed by atoms with Crippen LogP contribution in [0, 0.1) is 5.92 Å². The van der Waals surface area contributed by atoms with E-state index in [1.165, 1.54) is 51.5 Å². The average Bonchev–Trinajstić information content (AvgIpc) is 2.85. The van der Waals surface area contributed by atoms with Crippen LogP contribution in [0.1, 0.15) is 51.9 Å². The normalized spacial score (nSPS) is 34.8. The lowest BCUT2D eigenvalue weighted by Gasteiger charge is -2.30. The third-order valence-corrected chi connectivity index (χ3v) is 5.91. The lowest BCUT2D eigenvalue weighted by molar-refractivity contribution is 0.399. The van der Waals surface area contributed by atoms with E-state index >= 15 is 0 Å². The second-order valence-corrected chi connectivity index (χ2v) is 6.76. The van der Waals surface area contributed by atoms with E-state index in [9.17, 15) is 0 Å². The molecule has 0 amide bonds. The predicted molar refractivity (Wildman–Crippen MR) is 69.5 cm³/mol. The van der Waals surface area contributed by atoms with Gasteiger partial charge in [-0.2, -0.15) is 11.8 Å². The second kappa shape index (κ2) is 5.09. The predicted octanol–water partition coefficient (Wildman–Crippen LogP) is 3.44. The Morgan fingerprint density at radius 3 is 2.47 bits per heavy atom. The van der Waals surface area contributed by atoms with Gasteiger partial charge in [0.2, 0.25) is 0 Å². The molecule has 88 valence electrons. The van der Waals surface area contributed by atoms with Gasteiger partial charge in [-0.15, -0.1) is 0 Å². The first-order valence-corrected chi connectivity index (χ1v) is 7.77. The molecule has 0 aromatic carbocycles. The molecule has 0 bridgehead atoms. The third kappa shape index (κ3) is 2.71. The summed E-state index contributed by atoms with van der Waals surface area (Å²) in [5, 5.41) is 3.84. The van der Waals surface area contributed by atoms with Gasteiger partial charge in [-0.3, -0.25) is 0 Å². The smallest absolute Gasteiger partial charge is 0.0281 e. The Labute approximate surface area is 98.8 Å². The molecule has 2 atom stereocenters. The Kier molecular flexibility index (Phi) is 4.00. The molecule has 2 aliphatic carbocycles. The lowest BCUT2D eigenvalue weighted by atomic mass is 10.0. The van der Waals surface area contributed by atoms with Crippen LogP contribution < -0.4 is 5.32 Å². The minimum atomic E-state index is 0.586. The topological polar surface area (TPSA) is 12.0 Å². The first-order chi connectivity index (χ1) is 7.26. The van der Waals surface area contributed by atoms with Crippen molar-refractivity contribution in [2.75, 3.05) is 12.8 Å². The highest BCUT2D eigenvalue weighted by Crippen LogP contribution is 2.40. The van der Waals surface area contributed by atoms with Crippen molar-refractivity contribution in [3.63, 3.8) is 0 Å². The monoisotopic (exact) mass is 227 g/mol. The summed E-state index contributed by atoms with van der Waals surface area (Å²) in [4.78, 5) is 0. The average molecular weight is 227 g/mol. The first kappa shape index (κ1) is 11.8. The molecule has 1 N–H and O–H groups in total. The summed E-state index contributed by atoms with van der Waals surface area (Å²) >= 11 is 2.10. The fraction of sp³-hybridized carbons (Fsp3) is 1.00. The highest BCUT2D eigenvalue weighted by atomic mass is 32.2. The molecular formula is C13H25NS. The zero-order chi connectivity index (χ0) is 10.7. The molecule has 0 spiro atoms. The minimum absolute atomic E-state index is 0.586. The van der Waals surface area contributed by atoms with Crippen LogP contribution in [0.4, 0.5) is 0 Å². The quantitative estimate of drug-likeness (QED) is 0.789. The van der Waals surface area contributed by atoms with E-state index in [1.807, 2.05) is 0 Å². The molecule has 0 saturated heterocycles. The highest BCUT2D eigenvalue weighted by molar-refractivity contribution is 8.00. The summed E-state index contributed by atoms with van der Waals surface area (Å²) in [6.07, 6.45) is 12.3. The van der Waals surface area contributed by atoms with E-state index in [0.717, 1.165) is 12.0 Å². The molecule has 2 rings (SSSR count). The van der Waals surface area contributed by atoms with Gasteiger partial charge >= 0.3 is 0 Å². The summed E-state index contributed by atoms with van der Waals surface area (Å²) in [5.74, 6) is 0.908. The molecule has 0 radical (unpaired) electrons. The van der Waals surface area contributed by atoms with Crippen LogP contribution in [0.15, 0.2) is 0 Å². The first-order valence-electron chi connectivity index (χ1n) is 6.54. The van der Waals surface area contributed by atoms with E-state index in [4.69, 9.17) is 0 Å². The van der Waals surface area contributed by atoms with Crippen LogP contribution in [-0.2, 0) is 0 Å². The fourth-order valence-corrected chi connectivity index (χ4v) is 4.16. The maximum absolute atomic E-state index is 3.84. The SMILES string of the molecule is CSC1(CNC2CCCC2C)CCCC1. The van der Waals surface area contributed by atoms with Crippen molar-refractivity contribution in [2.45, 2.75) is 62.7 Å². The summed E-state index contributed by atoms with van der Waals surface area (Å²) in [6.45, 7) is 3.66. The standard InChI is InChI=1S/C13H25NS/c1-11-6-5-7-12(11)14-10-13(15-2)8-3-4-9-13/h11-12,14H,3-10H2,1-2H3. The van der Waals surface area contributed by atoms with E-state index in [2.05, 4.69) is 30.3 Å². The Balaban J connectivity index is 1.80. The molecule has 2 fully saturated rings. The van der Waals surface area contributed by atoms with Crippen LogP contribution in [0.5, 0.6) is 0 Å². The molecule has 0 aromatic rings. The number of hydrogen-bond donors (Lipinski definition) is 1. The fourth-order valence-electron chi connectivity index (χ4n) is 3.24. The number of thioether (sulfide) groups is 1. The molecule has 1 nitrogen and oxygen atoms in total. The van der Waals surface area contributed by atoms with Crippen molar-refractivity contribution in [1.29, 1.82) is 0 Å². The molecule has 2 aliphatic rings. The van der Waals surface area contributed by atoms with Crippen molar-refractivity contribution < 1.29 is 0 Å². The number of nitrogens with one attached hydrogen (secondary N) is 1. The lowest BCUT2D eigenvalue weighted by Crippen LogP contribution is -2.41. The van der Waals surface area contributed by atoms with Gasteiger partial charge in [0.25, 0.3) is 0 Å². The maximum atomic E-state index is 3.84. The molecular weight excluding hydrogens is 202 g/mol. The summed E-state index contributed by atoms with van der Waals surface area (Å²) < 4.78 is 0.586. The molecule has 2 heteroatoms. The van der Waals surface area contributed by atoms with Crippen LogP contribution in [0.3, 0.4) is 0 Å². The van der Waals surface area contributed by atoms with Gasteiger partial charge in [0.1, 0.15) is 0 Å². The van der Waals surface area contributed by atoms with Crippen molar-refractivity contribution in [3.05, 3.63) is 0 Å². The van der Waals surface area contributed by atoms with Gasteiger partial charge in [0.05, 0.1) is 0 Å². The van der Waals surface area contributed by atoms with Gasteiger partial charge in [-0.05, 0) is 37.9 Å². The van der Waals surface area contributed by atoms with Crippen molar-refractivity contribution in [2.24, 2.45) is 5.92 Å². The Morgan fingerprint density at radius 2 is 1.93 bits per heavy atom. The van der Waals surface area contributed by atoms with Crippen LogP contribution >= 0.6 is 11.8 Å². The Hall–Kier alpha value is 0.310. The summed E-state index contributed by atoms with van der Waals surface area (Å²) in [5.41, 5.74) is 0. The molecule has 0 heterocycles. The number of rotatable bonds is 4. The molecule has 0 aromatic heterocycles. The Bertz CT molecular complexity index is 199. The van der Waals surface area contributed by atoms with Gasteiger partial charge in [-0.25, -0.2) is 0 Å². The molecule has 0 aliphatic heterocycles. The maximum Gasteiger partial charge on any atom is 0.0281 e. The summed E-state index contributed by atoms with van der Waals surface area (Å²) in [7, 11) is 0. The molecule has 2 saturated carbocycles. The third-order valence-electron chi connectivity index (χ3n) is 4.50. The van der Waals surface area contributed by atoms with E-state index in [1.54, 1.807) is 0 Å². The van der Waals surface area contributed by atoms with Gasteiger partial charge in [-0.1, -0.05) is 26.2 Å². The van der Waals surface area contributed by atoms with Crippen molar-refractivity contribution in [3.8, 4) is 0 Å². The zero-order valence-electron chi connectivity index (χ0n) is 10.2. The number of hydrogen-bond acceptors (Lipinski definition) is 2. The molecule has 15 heavy (non-hydrogen) atoms. The van der Waals surface area contributed by atoms with E-state index in [-0.39, 0.29) is 0 Å². The van der Waals surface area contributed by atoms with Gasteiger partial charge < -0.3 is 5.32 Å². The zero-order valence-corrected chi connectivity index (χ0v) is 11.0. The van der Waals surface area contributed by atoms with Crippen LogP contribution in [0.2, 0.25) is 0 Å². The largest absolute Gasteiger partial charge is 0.312 e. The van der Waals surface area contributed by atoms with E-state index < -0.39 is 0 Å². The Morgan fingerprint density at radius 1 is 1.20 bits per heavy atom. The van der Waals surface area contributed by atoms with Gasteiger partial charge in [0.15, 0.2) is 0 Å².